The molecule has 1 N–H and O–H groups in total. The van der Waals surface area contributed by atoms with Crippen molar-refractivity contribution in [2.24, 2.45) is 0 Å². The van der Waals surface area contributed by atoms with Gasteiger partial charge in [-0.15, -0.1) is 5.10 Å². The summed E-state index contributed by atoms with van der Waals surface area (Å²) in [6.07, 6.45) is 0. The third kappa shape index (κ3) is 4.46. The molecule has 0 saturated carbocycles. The molecule has 1 aromatic heterocycles. The van der Waals surface area contributed by atoms with Crippen LogP contribution in [0.5, 0.6) is 0 Å². The number of hydrogen-bond donors (Lipinski definition) is 1. The minimum absolute atomic E-state index is 0.120. The zero-order valence-corrected chi connectivity index (χ0v) is 18.1. The van der Waals surface area contributed by atoms with Gasteiger partial charge in [0.15, 0.2) is 5.82 Å². The summed E-state index contributed by atoms with van der Waals surface area (Å²) in [5.41, 5.74) is 2.28. The third-order valence-electron chi connectivity index (χ3n) is 4.61. The van der Waals surface area contributed by atoms with Crippen LogP contribution in [-0.4, -0.2) is 25.6 Å². The number of benzene rings is 3. The number of aromatic nitrogens is 3. The Balaban J connectivity index is 1.78. The number of nitrogens with zero attached hydrogens (tertiary/aromatic N) is 4. The summed E-state index contributed by atoms with van der Waals surface area (Å²) in [4.78, 5) is 27.8. The predicted octanol–water partition coefficient (Wildman–Crippen LogP) is 5.71. The Morgan fingerprint density at radius 3 is 2.53 bits per heavy atom. The molecule has 0 fully saturated rings. The Morgan fingerprint density at radius 1 is 1.03 bits per heavy atom. The van der Waals surface area contributed by atoms with Gasteiger partial charge in [-0.2, -0.15) is 0 Å². The van der Waals surface area contributed by atoms with E-state index >= 15 is 0 Å². The molecule has 0 aliphatic heterocycles. The Kier molecular flexibility index (Phi) is 5.89. The van der Waals surface area contributed by atoms with Crippen LogP contribution in [-0.2, 0) is 0 Å². The highest BCUT2D eigenvalue weighted by Gasteiger charge is 2.21. The van der Waals surface area contributed by atoms with Gasteiger partial charge in [0, 0.05) is 33.4 Å². The molecule has 0 unspecified atom stereocenters. The molecule has 0 spiro atoms. The normalized spacial score (nSPS) is 10.7. The lowest BCUT2D eigenvalue weighted by molar-refractivity contribution is -0.384. The van der Waals surface area contributed by atoms with Crippen LogP contribution < -0.4 is 5.32 Å². The first-order valence-electron chi connectivity index (χ1n) is 9.37. The molecule has 32 heavy (non-hydrogen) atoms. The molecule has 0 bridgehead atoms. The smallest absolute Gasteiger partial charge is 0.295 e. The largest absolute Gasteiger partial charge is 0.319 e. The second-order valence-electron chi connectivity index (χ2n) is 6.87. The number of nitro benzene ring substituents is 1. The second-order valence-corrected chi connectivity index (χ2v) is 7.75. The molecule has 3 aromatic carbocycles. The van der Waals surface area contributed by atoms with Crippen molar-refractivity contribution in [1.82, 2.24) is 14.8 Å². The highest BCUT2D eigenvalue weighted by molar-refractivity contribution is 6.31. The number of nitrogens with one attached hydrogen (secondary N) is 1. The monoisotopic (exact) mass is 467 g/mol. The minimum atomic E-state index is -0.618. The highest BCUT2D eigenvalue weighted by atomic mass is 35.5. The summed E-state index contributed by atoms with van der Waals surface area (Å²) in [5, 5.41) is 19.0. The Labute approximate surface area is 192 Å². The van der Waals surface area contributed by atoms with Crippen LogP contribution in [0.25, 0.3) is 17.1 Å². The molecular weight excluding hydrogens is 453 g/mol. The fourth-order valence-electron chi connectivity index (χ4n) is 3.09. The van der Waals surface area contributed by atoms with E-state index in [4.69, 9.17) is 23.2 Å². The van der Waals surface area contributed by atoms with Crippen molar-refractivity contribution in [2.45, 2.75) is 6.92 Å². The number of rotatable bonds is 5. The van der Waals surface area contributed by atoms with Crippen molar-refractivity contribution in [3.05, 3.63) is 98.3 Å². The fourth-order valence-corrected chi connectivity index (χ4v) is 3.44. The van der Waals surface area contributed by atoms with Crippen molar-refractivity contribution in [2.75, 3.05) is 5.32 Å². The summed E-state index contributed by atoms with van der Waals surface area (Å²) in [7, 11) is 0. The van der Waals surface area contributed by atoms with Gasteiger partial charge in [-0.3, -0.25) is 14.9 Å². The molecular formula is C22H15Cl2N5O3. The van der Waals surface area contributed by atoms with Crippen molar-refractivity contribution < 1.29 is 9.72 Å². The van der Waals surface area contributed by atoms with Crippen molar-refractivity contribution >= 4 is 40.5 Å². The van der Waals surface area contributed by atoms with Gasteiger partial charge in [0.2, 0.25) is 5.82 Å². The van der Waals surface area contributed by atoms with Crippen LogP contribution in [0, 0.1) is 17.0 Å². The third-order valence-corrected chi connectivity index (χ3v) is 5.08. The molecule has 0 atom stereocenters. The molecule has 0 aliphatic carbocycles. The Morgan fingerprint density at radius 2 is 1.78 bits per heavy atom. The second kappa shape index (κ2) is 8.78. The number of halogens is 2. The molecule has 1 heterocycles. The first kappa shape index (κ1) is 21.5. The SMILES string of the molecule is Cc1ccc(Cl)cc1-n1nc(C(=O)Nc2cccc([N+](=O)[O-])c2)nc1-c1cccc(Cl)c1. The van der Waals surface area contributed by atoms with E-state index in [1.807, 2.05) is 13.0 Å². The zero-order chi connectivity index (χ0) is 22.8. The van der Waals surface area contributed by atoms with Crippen LogP contribution in [0.1, 0.15) is 16.2 Å². The topological polar surface area (TPSA) is 103 Å². The maximum Gasteiger partial charge on any atom is 0.295 e. The first-order valence-corrected chi connectivity index (χ1v) is 10.1. The zero-order valence-electron chi connectivity index (χ0n) is 16.6. The van der Waals surface area contributed by atoms with Gasteiger partial charge in [0.05, 0.1) is 10.6 Å². The summed E-state index contributed by atoms with van der Waals surface area (Å²) >= 11 is 12.3. The number of anilines is 1. The summed E-state index contributed by atoms with van der Waals surface area (Å²) < 4.78 is 1.52. The van der Waals surface area contributed by atoms with Gasteiger partial charge in [0.1, 0.15) is 0 Å². The van der Waals surface area contributed by atoms with E-state index in [-0.39, 0.29) is 17.2 Å². The van der Waals surface area contributed by atoms with Crippen molar-refractivity contribution in [1.29, 1.82) is 0 Å². The Bertz CT molecular complexity index is 1350. The van der Waals surface area contributed by atoms with Crippen LogP contribution in [0.2, 0.25) is 10.0 Å². The molecule has 4 aromatic rings. The minimum Gasteiger partial charge on any atom is -0.319 e. The van der Waals surface area contributed by atoms with Gasteiger partial charge in [-0.25, -0.2) is 9.67 Å². The van der Waals surface area contributed by atoms with Crippen molar-refractivity contribution in [3.8, 4) is 17.1 Å². The lowest BCUT2D eigenvalue weighted by Crippen LogP contribution is -2.14. The van der Waals surface area contributed by atoms with E-state index in [1.165, 1.54) is 22.9 Å². The van der Waals surface area contributed by atoms with Gasteiger partial charge in [-0.1, -0.05) is 47.5 Å². The number of amides is 1. The standard InChI is InChI=1S/C22H15Cl2N5O3/c1-13-8-9-16(24)11-19(13)28-21(14-4-2-5-15(23)10-14)26-20(27-28)22(30)25-17-6-3-7-18(12-17)29(31)32/h2-12H,1H3,(H,25,30). The molecule has 4 rings (SSSR count). The van der Waals surface area contributed by atoms with Crippen LogP contribution in [0.3, 0.4) is 0 Å². The maximum absolute atomic E-state index is 12.9. The summed E-state index contributed by atoms with van der Waals surface area (Å²) in [6.45, 7) is 1.89. The average molecular weight is 468 g/mol. The van der Waals surface area contributed by atoms with Crippen molar-refractivity contribution in [3.63, 3.8) is 0 Å². The number of hydrogen-bond acceptors (Lipinski definition) is 5. The predicted molar refractivity (Wildman–Crippen MR) is 123 cm³/mol. The maximum atomic E-state index is 12.9. The summed E-state index contributed by atoms with van der Waals surface area (Å²) in [6, 6.07) is 17.9. The molecule has 1 amide bonds. The lowest BCUT2D eigenvalue weighted by Gasteiger charge is -2.09. The average Bonchev–Trinajstić information content (AvgIpc) is 3.21. The van der Waals surface area contributed by atoms with Crippen LogP contribution in [0.4, 0.5) is 11.4 Å². The number of carbonyl (C=O) groups is 1. The number of non-ortho nitro benzene ring substituents is 1. The number of aryl methyl sites for hydroxylation is 1. The number of nitro groups is 1. The highest BCUT2D eigenvalue weighted by Crippen LogP contribution is 2.27. The van der Waals surface area contributed by atoms with Crippen LogP contribution in [0.15, 0.2) is 66.7 Å². The van der Waals surface area contributed by atoms with E-state index < -0.39 is 10.8 Å². The van der Waals surface area contributed by atoms with Crippen LogP contribution >= 0.6 is 23.2 Å². The van der Waals surface area contributed by atoms with E-state index in [1.54, 1.807) is 42.5 Å². The molecule has 160 valence electrons. The van der Waals surface area contributed by atoms with Gasteiger partial charge in [-0.05, 0) is 42.8 Å². The Hall–Kier alpha value is -3.75. The molecule has 8 nitrogen and oxygen atoms in total. The first-order chi connectivity index (χ1) is 15.3. The van der Waals surface area contributed by atoms with Gasteiger partial charge in [0.25, 0.3) is 11.6 Å². The van der Waals surface area contributed by atoms with E-state index in [9.17, 15) is 14.9 Å². The molecule has 0 saturated heterocycles. The van der Waals surface area contributed by atoms with Gasteiger partial charge < -0.3 is 5.32 Å². The summed E-state index contributed by atoms with van der Waals surface area (Å²) in [5.74, 6) is -0.347. The lowest BCUT2D eigenvalue weighted by atomic mass is 10.2. The fraction of sp³-hybridized carbons (Fsp3) is 0.0455. The quantitative estimate of drug-likeness (QED) is 0.299. The molecule has 0 aliphatic rings. The number of carbonyl (C=O) groups excluding carboxylic acids is 1. The van der Waals surface area contributed by atoms with E-state index in [2.05, 4.69) is 15.4 Å². The van der Waals surface area contributed by atoms with Gasteiger partial charge >= 0.3 is 0 Å². The van der Waals surface area contributed by atoms with E-state index in [0.717, 1.165) is 5.56 Å². The molecule has 10 heteroatoms. The molecule has 0 radical (unpaired) electrons. The van der Waals surface area contributed by atoms with E-state index in [0.29, 0.717) is 27.1 Å².